The van der Waals surface area contributed by atoms with Crippen LogP contribution in [0.15, 0.2) is 28.1 Å². The van der Waals surface area contributed by atoms with Gasteiger partial charge >= 0.3 is 0 Å². The van der Waals surface area contributed by atoms with Crippen LogP contribution in [0, 0.1) is 0 Å². The molecule has 16 heavy (non-hydrogen) atoms. The molecule has 0 spiro atoms. The van der Waals surface area contributed by atoms with Gasteiger partial charge in [0.05, 0.1) is 4.91 Å². The summed E-state index contributed by atoms with van der Waals surface area (Å²) in [5.41, 5.74) is 5.96. The van der Waals surface area contributed by atoms with Crippen LogP contribution in [0.2, 0.25) is 5.02 Å². The van der Waals surface area contributed by atoms with Crippen molar-refractivity contribution in [3.05, 3.63) is 33.7 Å². The number of hydrogen-bond acceptors (Lipinski definition) is 4. The van der Waals surface area contributed by atoms with Crippen LogP contribution in [0.5, 0.6) is 5.75 Å². The number of benzene rings is 1. The number of amides is 1. The number of aliphatic imine (C=N–C) groups is 1. The van der Waals surface area contributed by atoms with Crippen molar-refractivity contribution in [3.8, 4) is 5.75 Å². The minimum Gasteiger partial charge on any atom is -0.508 e. The predicted molar refractivity (Wildman–Crippen MR) is 65.3 cm³/mol. The van der Waals surface area contributed by atoms with Gasteiger partial charge in [0.2, 0.25) is 0 Å². The van der Waals surface area contributed by atoms with E-state index in [0.717, 1.165) is 11.8 Å². The van der Waals surface area contributed by atoms with E-state index in [1.165, 1.54) is 12.1 Å². The average molecular weight is 255 g/mol. The van der Waals surface area contributed by atoms with Crippen LogP contribution in [-0.2, 0) is 4.79 Å². The number of hydrogen-bond donors (Lipinski definition) is 2. The van der Waals surface area contributed by atoms with Crippen LogP contribution < -0.4 is 5.73 Å². The quantitative estimate of drug-likeness (QED) is 0.752. The molecule has 1 aromatic rings. The summed E-state index contributed by atoms with van der Waals surface area (Å²) in [7, 11) is 0. The molecule has 0 aliphatic carbocycles. The molecule has 2 rings (SSSR count). The molecule has 6 heteroatoms. The Bertz CT molecular complexity index is 526. The summed E-state index contributed by atoms with van der Waals surface area (Å²) < 4.78 is 0. The number of rotatable bonds is 1. The summed E-state index contributed by atoms with van der Waals surface area (Å²) in [6.07, 6.45) is 1.55. The Hall–Kier alpha value is -1.46. The maximum atomic E-state index is 11.3. The van der Waals surface area contributed by atoms with E-state index in [1.807, 2.05) is 0 Å². The van der Waals surface area contributed by atoms with E-state index < -0.39 is 0 Å². The van der Waals surface area contributed by atoms with Crippen LogP contribution in [0.25, 0.3) is 6.08 Å². The first kappa shape index (κ1) is 11.0. The molecule has 1 amide bonds. The molecule has 0 atom stereocenters. The smallest absolute Gasteiger partial charge is 0.286 e. The lowest BCUT2D eigenvalue weighted by Gasteiger charge is -2.00. The topological polar surface area (TPSA) is 75.7 Å². The zero-order valence-corrected chi connectivity index (χ0v) is 9.55. The predicted octanol–water partition coefficient (Wildman–Crippen LogP) is 1.97. The molecule has 4 nitrogen and oxygen atoms in total. The molecule has 0 saturated heterocycles. The Labute approximate surface area is 101 Å². The highest BCUT2D eigenvalue weighted by molar-refractivity contribution is 8.18. The highest BCUT2D eigenvalue weighted by Gasteiger charge is 2.19. The average Bonchev–Trinajstić information content (AvgIpc) is 2.51. The molecule has 1 aliphatic rings. The summed E-state index contributed by atoms with van der Waals surface area (Å²) in [4.78, 5) is 15.3. The molecule has 0 saturated carbocycles. The molecule has 0 unspecified atom stereocenters. The first-order valence-electron chi connectivity index (χ1n) is 4.33. The molecule has 0 radical (unpaired) electrons. The second-order valence-corrected chi connectivity index (χ2v) is 4.54. The summed E-state index contributed by atoms with van der Waals surface area (Å²) >= 11 is 7.00. The monoisotopic (exact) mass is 254 g/mol. The Morgan fingerprint density at radius 2 is 2.25 bits per heavy atom. The molecule has 0 bridgehead atoms. The third-order valence-corrected chi connectivity index (χ3v) is 3.06. The first-order valence-corrected chi connectivity index (χ1v) is 5.52. The zero-order valence-electron chi connectivity index (χ0n) is 7.98. The van der Waals surface area contributed by atoms with Crippen molar-refractivity contribution in [2.45, 2.75) is 0 Å². The fourth-order valence-electron chi connectivity index (χ4n) is 1.21. The number of aromatic hydroxyl groups is 1. The number of amidine groups is 1. The molecule has 0 aromatic heterocycles. The van der Waals surface area contributed by atoms with Gasteiger partial charge in [-0.05, 0) is 41.6 Å². The summed E-state index contributed by atoms with van der Waals surface area (Å²) in [6, 6.07) is 4.49. The number of carbonyl (C=O) groups is 1. The van der Waals surface area contributed by atoms with Crippen LogP contribution in [-0.4, -0.2) is 16.2 Å². The standard InChI is InChI=1S/C10H7ClN2O2S/c11-7-2-1-6(14)3-5(7)4-8-9(15)13-10(12)16-8/h1-4,14H,(H2,12,13,15). The lowest BCUT2D eigenvalue weighted by molar-refractivity contribution is -0.113. The van der Waals surface area contributed by atoms with Gasteiger partial charge in [0, 0.05) is 5.02 Å². The van der Waals surface area contributed by atoms with E-state index in [1.54, 1.807) is 12.1 Å². The fourth-order valence-corrected chi connectivity index (χ4v) is 2.05. The number of halogens is 1. The van der Waals surface area contributed by atoms with Crippen molar-refractivity contribution in [2.75, 3.05) is 0 Å². The van der Waals surface area contributed by atoms with E-state index in [-0.39, 0.29) is 16.8 Å². The second-order valence-electron chi connectivity index (χ2n) is 3.07. The molecule has 82 valence electrons. The zero-order chi connectivity index (χ0) is 11.7. The Morgan fingerprint density at radius 1 is 1.50 bits per heavy atom. The Balaban J connectivity index is 2.37. The lowest BCUT2D eigenvalue weighted by Crippen LogP contribution is -2.01. The maximum Gasteiger partial charge on any atom is 0.286 e. The van der Waals surface area contributed by atoms with Crippen LogP contribution >= 0.6 is 23.4 Å². The third kappa shape index (κ3) is 2.20. The van der Waals surface area contributed by atoms with E-state index in [4.69, 9.17) is 17.3 Å². The minimum atomic E-state index is -0.387. The van der Waals surface area contributed by atoms with Gasteiger partial charge in [-0.1, -0.05) is 11.6 Å². The van der Waals surface area contributed by atoms with Crippen molar-refractivity contribution < 1.29 is 9.90 Å². The Morgan fingerprint density at radius 3 is 2.88 bits per heavy atom. The van der Waals surface area contributed by atoms with Gasteiger partial charge < -0.3 is 10.8 Å². The maximum absolute atomic E-state index is 11.3. The van der Waals surface area contributed by atoms with Gasteiger partial charge in [0.15, 0.2) is 5.17 Å². The van der Waals surface area contributed by atoms with Crippen LogP contribution in [0.4, 0.5) is 0 Å². The molecular weight excluding hydrogens is 248 g/mol. The lowest BCUT2D eigenvalue weighted by atomic mass is 10.2. The fraction of sp³-hybridized carbons (Fsp3) is 0. The number of thioether (sulfide) groups is 1. The van der Waals surface area contributed by atoms with E-state index in [2.05, 4.69) is 4.99 Å². The SMILES string of the molecule is NC1=NC(=O)C(=Cc2cc(O)ccc2Cl)S1. The molecule has 3 N–H and O–H groups in total. The van der Waals surface area contributed by atoms with Crippen molar-refractivity contribution >= 4 is 40.5 Å². The minimum absolute atomic E-state index is 0.0839. The second kappa shape index (κ2) is 4.19. The van der Waals surface area contributed by atoms with Gasteiger partial charge in [-0.3, -0.25) is 4.79 Å². The highest BCUT2D eigenvalue weighted by atomic mass is 35.5. The number of phenols is 1. The molecule has 1 aliphatic heterocycles. The van der Waals surface area contributed by atoms with Gasteiger partial charge in [0.1, 0.15) is 5.75 Å². The van der Waals surface area contributed by atoms with Crippen molar-refractivity contribution in [3.63, 3.8) is 0 Å². The largest absolute Gasteiger partial charge is 0.508 e. The Kier molecular flexibility index (Phi) is 2.89. The van der Waals surface area contributed by atoms with Crippen molar-refractivity contribution in [2.24, 2.45) is 10.7 Å². The van der Waals surface area contributed by atoms with Gasteiger partial charge in [-0.25, -0.2) is 0 Å². The number of phenolic OH excluding ortho intramolecular Hbond substituents is 1. The molecule has 1 aromatic carbocycles. The number of nitrogens with two attached hydrogens (primary N) is 1. The van der Waals surface area contributed by atoms with Crippen LogP contribution in [0.3, 0.4) is 0 Å². The van der Waals surface area contributed by atoms with Crippen molar-refractivity contribution in [1.82, 2.24) is 0 Å². The summed E-state index contributed by atoms with van der Waals surface area (Å²) in [5, 5.41) is 9.96. The van der Waals surface area contributed by atoms with E-state index in [9.17, 15) is 9.90 Å². The summed E-state index contributed by atoms with van der Waals surface area (Å²) in [6.45, 7) is 0. The van der Waals surface area contributed by atoms with Gasteiger partial charge in [0.25, 0.3) is 5.91 Å². The number of carbonyl (C=O) groups excluding carboxylic acids is 1. The van der Waals surface area contributed by atoms with Gasteiger partial charge in [-0.2, -0.15) is 4.99 Å². The highest BCUT2D eigenvalue weighted by Crippen LogP contribution is 2.30. The third-order valence-electron chi connectivity index (χ3n) is 1.90. The molecule has 1 heterocycles. The van der Waals surface area contributed by atoms with Crippen LogP contribution in [0.1, 0.15) is 5.56 Å². The van der Waals surface area contributed by atoms with Gasteiger partial charge in [-0.15, -0.1) is 0 Å². The van der Waals surface area contributed by atoms with E-state index >= 15 is 0 Å². The normalized spacial score (nSPS) is 17.9. The summed E-state index contributed by atoms with van der Waals surface area (Å²) in [5.74, 6) is -0.303. The molecular formula is C10H7ClN2O2S. The molecule has 0 fully saturated rings. The first-order chi connectivity index (χ1) is 7.56. The number of nitrogens with zero attached hydrogens (tertiary/aromatic N) is 1. The van der Waals surface area contributed by atoms with E-state index in [0.29, 0.717) is 15.5 Å². The van der Waals surface area contributed by atoms with Crippen molar-refractivity contribution in [1.29, 1.82) is 0 Å².